The Labute approximate surface area is 139 Å². The van der Waals surface area contributed by atoms with E-state index in [2.05, 4.69) is 58.2 Å². The molecule has 2 aliphatic rings. The van der Waals surface area contributed by atoms with E-state index in [1.807, 2.05) is 4.08 Å². The van der Waals surface area contributed by atoms with Gasteiger partial charge in [0.2, 0.25) is 0 Å². The molecule has 4 heteroatoms. The number of methoxy groups -OCH3 is 1. The number of benzene rings is 1. The minimum atomic E-state index is -0.0749. The lowest BCUT2D eigenvalue weighted by Crippen LogP contribution is -2.48. The fourth-order valence-corrected chi connectivity index (χ4v) is 4.20. The van der Waals surface area contributed by atoms with Gasteiger partial charge in [0.25, 0.3) is 0 Å². The molecular weight excluding hydrogens is 376 g/mol. The summed E-state index contributed by atoms with van der Waals surface area (Å²) in [5.41, 5.74) is 2.45. The van der Waals surface area contributed by atoms with Crippen LogP contribution in [0.15, 0.2) is 28.3 Å². The van der Waals surface area contributed by atoms with Gasteiger partial charge in [-0.1, -0.05) is 46.9 Å². The third-order valence-corrected chi connectivity index (χ3v) is 5.13. The summed E-state index contributed by atoms with van der Waals surface area (Å²) in [6, 6.07) is 9.41. The highest BCUT2D eigenvalue weighted by Gasteiger charge is 2.46. The normalized spacial score (nSPS) is 31.5. The van der Waals surface area contributed by atoms with Crippen LogP contribution in [-0.2, 0) is 9.53 Å². The number of hydrogen-bond donors (Lipinski definition) is 1. The number of ether oxygens (including phenoxy) is 1. The van der Waals surface area contributed by atoms with Crippen LogP contribution in [0.5, 0.6) is 0 Å². The number of carbonyl (C=O) groups excluding carboxylic acids is 1. The van der Waals surface area contributed by atoms with Gasteiger partial charge in [0, 0.05) is 18.0 Å². The maximum atomic E-state index is 12.2. The second-order valence-electron chi connectivity index (χ2n) is 5.90. The standard InChI is InChI=1S/C17H20INO2/c1-21-17(20)16-14(10-13-6-7-15(16)19-13)12-4-2-11(3-5-12)8-9-18/h2-5,8-9,13-16,19H,6-7,10H2,1H3/b9-8-/t13-,14+,15+,16-/m0/s1/i1-1. The van der Waals surface area contributed by atoms with Crippen LogP contribution in [0, 0.1) is 5.92 Å². The largest absolute Gasteiger partial charge is 0.469 e. The maximum Gasteiger partial charge on any atom is 0.310 e. The van der Waals surface area contributed by atoms with Crippen molar-refractivity contribution < 1.29 is 9.53 Å². The second-order valence-corrected chi connectivity index (χ2v) is 6.62. The van der Waals surface area contributed by atoms with E-state index in [0.29, 0.717) is 6.04 Å². The number of fused-ring (bicyclic) bond motifs is 2. The molecule has 1 N–H and O–H groups in total. The first-order valence-corrected chi connectivity index (χ1v) is 8.68. The summed E-state index contributed by atoms with van der Waals surface area (Å²) in [7, 11) is 1.49. The Kier molecular flexibility index (Phi) is 4.64. The quantitative estimate of drug-likeness (QED) is 0.628. The van der Waals surface area contributed by atoms with Crippen molar-refractivity contribution in [2.24, 2.45) is 5.92 Å². The van der Waals surface area contributed by atoms with Gasteiger partial charge in [-0.3, -0.25) is 4.79 Å². The molecule has 0 spiro atoms. The van der Waals surface area contributed by atoms with Crippen LogP contribution in [0.1, 0.15) is 36.3 Å². The summed E-state index contributed by atoms with van der Waals surface area (Å²) in [5, 5.41) is 3.57. The second kappa shape index (κ2) is 6.48. The van der Waals surface area contributed by atoms with Gasteiger partial charge in [0.15, 0.2) is 0 Å². The van der Waals surface area contributed by atoms with E-state index in [9.17, 15) is 4.79 Å². The fourth-order valence-electron chi connectivity index (χ4n) is 3.79. The third-order valence-electron chi connectivity index (χ3n) is 4.77. The molecule has 0 aromatic heterocycles. The predicted octanol–water partition coefficient (Wildman–Crippen LogP) is 3.49. The van der Waals surface area contributed by atoms with Gasteiger partial charge in [-0.05, 0) is 40.5 Å². The Morgan fingerprint density at radius 1 is 1.33 bits per heavy atom. The van der Waals surface area contributed by atoms with Crippen LogP contribution in [0.3, 0.4) is 0 Å². The first-order valence-electron chi connectivity index (χ1n) is 7.43. The molecule has 112 valence electrons. The Morgan fingerprint density at radius 2 is 2.10 bits per heavy atom. The molecule has 1 aromatic rings. The zero-order chi connectivity index (χ0) is 14.8. The highest BCUT2D eigenvalue weighted by Crippen LogP contribution is 2.42. The number of halogens is 1. The minimum Gasteiger partial charge on any atom is -0.469 e. The Morgan fingerprint density at radius 3 is 2.76 bits per heavy atom. The Hall–Kier alpha value is -0.880. The first kappa shape index (κ1) is 15.0. The molecule has 3 rings (SSSR count). The molecule has 2 aliphatic heterocycles. The summed E-state index contributed by atoms with van der Waals surface area (Å²) in [6.07, 6.45) is 5.35. The zero-order valence-electron chi connectivity index (χ0n) is 12.1. The third kappa shape index (κ3) is 3.01. The summed E-state index contributed by atoms with van der Waals surface area (Å²) < 4.78 is 7.07. The molecule has 21 heavy (non-hydrogen) atoms. The van der Waals surface area contributed by atoms with Crippen molar-refractivity contribution in [1.82, 2.24) is 5.32 Å². The van der Waals surface area contributed by atoms with Crippen molar-refractivity contribution in [2.75, 3.05) is 7.11 Å². The number of rotatable bonds is 3. The molecule has 2 heterocycles. The van der Waals surface area contributed by atoms with Crippen LogP contribution >= 0.6 is 22.6 Å². The minimum absolute atomic E-state index is 0.0558. The molecule has 3 nitrogen and oxygen atoms in total. The van der Waals surface area contributed by atoms with E-state index in [4.69, 9.17) is 4.74 Å². The number of carbonyl (C=O) groups is 1. The molecule has 0 unspecified atom stereocenters. The van der Waals surface area contributed by atoms with Crippen molar-refractivity contribution in [2.45, 2.75) is 37.3 Å². The van der Waals surface area contributed by atoms with E-state index in [0.717, 1.165) is 12.8 Å². The summed E-state index contributed by atoms with van der Waals surface area (Å²) >= 11 is 2.22. The van der Waals surface area contributed by atoms with Gasteiger partial charge >= 0.3 is 5.97 Å². The lowest BCUT2D eigenvalue weighted by molar-refractivity contribution is -0.148. The molecule has 0 aliphatic carbocycles. The number of piperidine rings is 1. The van der Waals surface area contributed by atoms with E-state index >= 15 is 0 Å². The van der Waals surface area contributed by atoms with Crippen LogP contribution in [0.2, 0.25) is 0 Å². The summed E-state index contributed by atoms with van der Waals surface area (Å²) in [5.74, 6) is 0.141. The highest BCUT2D eigenvalue weighted by molar-refractivity contribution is 14.1. The van der Waals surface area contributed by atoms with Crippen LogP contribution < -0.4 is 5.32 Å². The highest BCUT2D eigenvalue weighted by atomic mass is 127. The van der Waals surface area contributed by atoms with Crippen LogP contribution in [-0.4, -0.2) is 25.2 Å². The van der Waals surface area contributed by atoms with Gasteiger partial charge in [0.1, 0.15) is 0 Å². The van der Waals surface area contributed by atoms with E-state index < -0.39 is 0 Å². The molecular formula is C17H20INO2. The molecule has 0 amide bonds. The first-order chi connectivity index (χ1) is 10.2. The molecule has 0 radical (unpaired) electrons. The molecule has 0 saturated carbocycles. The van der Waals surface area contributed by atoms with Gasteiger partial charge in [0.05, 0.1) is 13.0 Å². The van der Waals surface area contributed by atoms with E-state index in [1.165, 1.54) is 24.7 Å². The van der Waals surface area contributed by atoms with Gasteiger partial charge in [-0.25, -0.2) is 0 Å². The summed E-state index contributed by atoms with van der Waals surface area (Å²) in [6.45, 7) is 0. The van der Waals surface area contributed by atoms with Crippen molar-refractivity contribution in [1.29, 1.82) is 0 Å². The maximum absolute atomic E-state index is 12.2. The average Bonchev–Trinajstić information content (AvgIpc) is 2.89. The number of hydrogen-bond acceptors (Lipinski definition) is 3. The topological polar surface area (TPSA) is 38.3 Å². The average molecular weight is 396 g/mol. The Bertz CT molecular complexity index is 540. The molecule has 4 atom stereocenters. The van der Waals surface area contributed by atoms with Crippen molar-refractivity contribution in [3.63, 3.8) is 0 Å². The van der Waals surface area contributed by atoms with Gasteiger partial charge in [-0.15, -0.1) is 0 Å². The van der Waals surface area contributed by atoms with Crippen molar-refractivity contribution in [3.8, 4) is 0 Å². The van der Waals surface area contributed by atoms with E-state index in [1.54, 1.807) is 0 Å². The predicted molar refractivity (Wildman–Crippen MR) is 92.3 cm³/mol. The fraction of sp³-hybridized carbons (Fsp3) is 0.471. The zero-order valence-corrected chi connectivity index (χ0v) is 14.2. The Balaban J connectivity index is 1.88. The van der Waals surface area contributed by atoms with E-state index in [-0.39, 0.29) is 23.8 Å². The van der Waals surface area contributed by atoms with Crippen LogP contribution in [0.4, 0.5) is 0 Å². The lowest BCUT2D eigenvalue weighted by atomic mass is 9.77. The number of esters is 1. The van der Waals surface area contributed by atoms with Crippen molar-refractivity contribution >= 4 is 34.6 Å². The smallest absolute Gasteiger partial charge is 0.310 e. The van der Waals surface area contributed by atoms with Crippen LogP contribution in [0.25, 0.3) is 6.08 Å². The number of nitrogens with one attached hydrogen (secondary N) is 1. The summed E-state index contributed by atoms with van der Waals surface area (Å²) in [4.78, 5) is 12.2. The SMILES string of the molecule is [11CH3]OC(=O)[C@H]1[C@@H](c2ccc(/C=C\I)cc2)C[C@@H]2CC[C@H]1N2. The molecule has 2 fully saturated rings. The molecule has 2 saturated heterocycles. The monoisotopic (exact) mass is 396 g/mol. The van der Waals surface area contributed by atoms with Crippen molar-refractivity contribution in [3.05, 3.63) is 39.5 Å². The van der Waals surface area contributed by atoms with Gasteiger partial charge in [-0.2, -0.15) is 0 Å². The molecule has 2 bridgehead atoms. The molecule has 1 aromatic carbocycles. The lowest BCUT2D eigenvalue weighted by Gasteiger charge is -2.36. The van der Waals surface area contributed by atoms with Gasteiger partial charge < -0.3 is 10.1 Å².